The van der Waals surface area contributed by atoms with Crippen molar-refractivity contribution in [2.75, 3.05) is 20.8 Å². The number of aromatic amines is 1. The van der Waals surface area contributed by atoms with Gasteiger partial charge in [0.2, 0.25) is 5.91 Å². The maximum absolute atomic E-state index is 12.9. The van der Waals surface area contributed by atoms with Crippen LogP contribution in [0.4, 0.5) is 0 Å². The van der Waals surface area contributed by atoms with Crippen LogP contribution >= 0.6 is 0 Å². The second kappa shape index (κ2) is 8.67. The molecule has 1 aromatic heterocycles. The number of methoxy groups -OCH3 is 2. The smallest absolute Gasteiger partial charge is 0.328 e. The Labute approximate surface area is 179 Å². The highest BCUT2D eigenvalue weighted by Gasteiger charge is 2.20. The SMILES string of the molecule is COc1cc2[nH]c(=O)n(CCCC(=O)N3CCc4ccccc4C3)c(=O)c2cc1OC. The largest absolute Gasteiger partial charge is 0.493 e. The van der Waals surface area contributed by atoms with E-state index in [1.807, 2.05) is 23.1 Å². The highest BCUT2D eigenvalue weighted by atomic mass is 16.5. The Kier molecular flexibility index (Phi) is 5.79. The highest BCUT2D eigenvalue weighted by molar-refractivity contribution is 5.81. The number of hydrogen-bond acceptors (Lipinski definition) is 5. The third-order valence-electron chi connectivity index (χ3n) is 5.74. The van der Waals surface area contributed by atoms with Crippen LogP contribution in [-0.2, 0) is 24.3 Å². The lowest BCUT2D eigenvalue weighted by molar-refractivity contribution is -0.132. The highest BCUT2D eigenvalue weighted by Crippen LogP contribution is 2.29. The average molecular weight is 423 g/mol. The summed E-state index contributed by atoms with van der Waals surface area (Å²) in [5, 5.41) is 0.330. The molecule has 1 N–H and O–H groups in total. The van der Waals surface area contributed by atoms with Crippen molar-refractivity contribution in [3.63, 3.8) is 0 Å². The number of carbonyl (C=O) groups is 1. The van der Waals surface area contributed by atoms with Crippen LogP contribution in [0.2, 0.25) is 0 Å². The fraction of sp³-hybridized carbons (Fsp3) is 0.348. The Hall–Kier alpha value is -3.55. The van der Waals surface area contributed by atoms with Crippen molar-refractivity contribution < 1.29 is 14.3 Å². The molecular formula is C23H25N3O5. The first-order valence-corrected chi connectivity index (χ1v) is 10.2. The molecule has 2 heterocycles. The van der Waals surface area contributed by atoms with Crippen molar-refractivity contribution in [3.8, 4) is 11.5 Å². The molecule has 8 nitrogen and oxygen atoms in total. The number of aromatic nitrogens is 2. The van der Waals surface area contributed by atoms with Gasteiger partial charge in [0.15, 0.2) is 11.5 Å². The van der Waals surface area contributed by atoms with Crippen LogP contribution < -0.4 is 20.7 Å². The molecule has 0 bridgehead atoms. The molecule has 0 atom stereocenters. The van der Waals surface area contributed by atoms with E-state index >= 15 is 0 Å². The molecule has 4 rings (SSSR count). The van der Waals surface area contributed by atoms with Crippen LogP contribution in [0.3, 0.4) is 0 Å². The van der Waals surface area contributed by atoms with Crippen LogP contribution in [0, 0.1) is 0 Å². The Bertz CT molecular complexity index is 1240. The van der Waals surface area contributed by atoms with E-state index in [4.69, 9.17) is 9.47 Å². The minimum Gasteiger partial charge on any atom is -0.493 e. The molecular weight excluding hydrogens is 398 g/mol. The summed E-state index contributed by atoms with van der Waals surface area (Å²) in [5.74, 6) is 0.869. The van der Waals surface area contributed by atoms with E-state index in [1.165, 1.54) is 25.3 Å². The zero-order valence-electron chi connectivity index (χ0n) is 17.6. The average Bonchev–Trinajstić information content (AvgIpc) is 2.79. The minimum atomic E-state index is -0.510. The molecule has 0 unspecified atom stereocenters. The molecule has 1 aliphatic heterocycles. The summed E-state index contributed by atoms with van der Waals surface area (Å²) >= 11 is 0. The summed E-state index contributed by atoms with van der Waals surface area (Å²) in [5.41, 5.74) is 1.91. The van der Waals surface area contributed by atoms with Gasteiger partial charge in [0.1, 0.15) is 0 Å². The number of benzene rings is 2. The first-order valence-electron chi connectivity index (χ1n) is 10.2. The molecule has 1 amide bonds. The second-order valence-corrected chi connectivity index (χ2v) is 7.58. The zero-order chi connectivity index (χ0) is 22.0. The predicted octanol–water partition coefficient (Wildman–Crippen LogP) is 2.07. The number of hydrogen-bond donors (Lipinski definition) is 1. The van der Waals surface area contributed by atoms with Crippen LogP contribution in [0.5, 0.6) is 11.5 Å². The minimum absolute atomic E-state index is 0.0335. The van der Waals surface area contributed by atoms with Gasteiger partial charge in [-0.05, 0) is 30.0 Å². The number of rotatable bonds is 6. The van der Waals surface area contributed by atoms with Gasteiger partial charge < -0.3 is 19.4 Å². The van der Waals surface area contributed by atoms with Crippen molar-refractivity contribution in [1.82, 2.24) is 14.5 Å². The Morgan fingerprint density at radius 2 is 1.77 bits per heavy atom. The zero-order valence-corrected chi connectivity index (χ0v) is 17.6. The van der Waals surface area contributed by atoms with E-state index in [0.717, 1.165) is 11.0 Å². The van der Waals surface area contributed by atoms with Gasteiger partial charge in [-0.3, -0.25) is 14.2 Å². The van der Waals surface area contributed by atoms with E-state index in [2.05, 4.69) is 11.1 Å². The second-order valence-electron chi connectivity index (χ2n) is 7.58. The fourth-order valence-corrected chi connectivity index (χ4v) is 4.04. The van der Waals surface area contributed by atoms with Crippen LogP contribution in [0.1, 0.15) is 24.0 Å². The van der Waals surface area contributed by atoms with E-state index < -0.39 is 11.2 Å². The molecule has 0 saturated carbocycles. The topological polar surface area (TPSA) is 93.6 Å². The number of nitrogens with one attached hydrogen (secondary N) is 1. The Morgan fingerprint density at radius 3 is 2.52 bits per heavy atom. The van der Waals surface area contributed by atoms with Crippen LogP contribution in [0.25, 0.3) is 10.9 Å². The van der Waals surface area contributed by atoms with Crippen molar-refractivity contribution in [1.29, 1.82) is 0 Å². The van der Waals surface area contributed by atoms with Gasteiger partial charge in [0, 0.05) is 32.1 Å². The molecule has 31 heavy (non-hydrogen) atoms. The Morgan fingerprint density at radius 1 is 1.06 bits per heavy atom. The summed E-state index contributed by atoms with van der Waals surface area (Å²) < 4.78 is 11.6. The quantitative estimate of drug-likeness (QED) is 0.655. The first-order chi connectivity index (χ1) is 15.0. The lowest BCUT2D eigenvalue weighted by Crippen LogP contribution is -2.37. The Balaban J connectivity index is 1.47. The summed E-state index contributed by atoms with van der Waals surface area (Å²) in [4.78, 5) is 42.6. The number of H-pyrrole nitrogens is 1. The van der Waals surface area contributed by atoms with Crippen molar-refractivity contribution in [2.45, 2.75) is 32.4 Å². The third kappa shape index (κ3) is 4.05. The molecule has 162 valence electrons. The molecule has 2 aromatic carbocycles. The first kappa shape index (κ1) is 20.7. The van der Waals surface area contributed by atoms with Gasteiger partial charge in [0.25, 0.3) is 5.56 Å². The summed E-state index contributed by atoms with van der Waals surface area (Å²) in [6, 6.07) is 11.3. The lowest BCUT2D eigenvalue weighted by Gasteiger charge is -2.29. The molecule has 8 heteroatoms. The maximum Gasteiger partial charge on any atom is 0.328 e. The summed E-state index contributed by atoms with van der Waals surface area (Å²) in [7, 11) is 2.97. The van der Waals surface area contributed by atoms with Crippen molar-refractivity contribution >= 4 is 16.8 Å². The van der Waals surface area contributed by atoms with Gasteiger partial charge in [-0.1, -0.05) is 24.3 Å². The molecule has 3 aromatic rings. The molecule has 1 aliphatic rings. The van der Waals surface area contributed by atoms with Gasteiger partial charge in [-0.2, -0.15) is 0 Å². The van der Waals surface area contributed by atoms with Gasteiger partial charge in [0.05, 0.1) is 25.1 Å². The summed E-state index contributed by atoms with van der Waals surface area (Å²) in [6.45, 7) is 1.45. The molecule has 0 spiro atoms. The van der Waals surface area contributed by atoms with E-state index in [1.54, 1.807) is 12.1 Å². The normalized spacial score (nSPS) is 13.2. The van der Waals surface area contributed by atoms with Crippen molar-refractivity contribution in [2.24, 2.45) is 0 Å². The number of carbonyl (C=O) groups excluding carboxylic acids is 1. The van der Waals surface area contributed by atoms with Crippen LogP contribution in [-0.4, -0.2) is 41.1 Å². The van der Waals surface area contributed by atoms with E-state index in [9.17, 15) is 14.4 Å². The lowest BCUT2D eigenvalue weighted by atomic mass is 9.99. The number of amides is 1. The van der Waals surface area contributed by atoms with E-state index in [-0.39, 0.29) is 18.9 Å². The predicted molar refractivity (Wildman–Crippen MR) is 117 cm³/mol. The number of nitrogens with zero attached hydrogens (tertiary/aromatic N) is 2. The van der Waals surface area contributed by atoms with Gasteiger partial charge in [-0.25, -0.2) is 4.79 Å². The maximum atomic E-state index is 12.9. The van der Waals surface area contributed by atoms with Gasteiger partial charge >= 0.3 is 5.69 Å². The molecule has 0 saturated heterocycles. The van der Waals surface area contributed by atoms with E-state index in [0.29, 0.717) is 41.9 Å². The van der Waals surface area contributed by atoms with Crippen molar-refractivity contribution in [3.05, 3.63) is 68.4 Å². The summed E-state index contributed by atoms with van der Waals surface area (Å²) in [6.07, 6.45) is 1.52. The van der Waals surface area contributed by atoms with Gasteiger partial charge in [-0.15, -0.1) is 0 Å². The number of ether oxygens (including phenoxy) is 2. The molecule has 0 radical (unpaired) electrons. The molecule has 0 fully saturated rings. The fourth-order valence-electron chi connectivity index (χ4n) is 4.04. The number of fused-ring (bicyclic) bond motifs is 2. The molecule has 0 aliphatic carbocycles. The monoisotopic (exact) mass is 423 g/mol. The van der Waals surface area contributed by atoms with Crippen LogP contribution in [0.15, 0.2) is 46.0 Å². The third-order valence-corrected chi connectivity index (χ3v) is 5.74. The standard InChI is InChI=1S/C23H25N3O5/c1-30-19-12-17-18(13-20(19)31-2)24-23(29)26(22(17)28)10-5-8-21(27)25-11-9-15-6-3-4-7-16(15)14-25/h3-4,6-7,12-13H,5,8-11,14H2,1-2H3,(H,24,29).